The second-order valence-electron chi connectivity index (χ2n) is 6.57. The summed E-state index contributed by atoms with van der Waals surface area (Å²) in [5, 5.41) is 2.43. The van der Waals surface area contributed by atoms with Crippen molar-refractivity contribution in [1.29, 1.82) is 0 Å². The van der Waals surface area contributed by atoms with Crippen LogP contribution in [0.4, 0.5) is 0 Å². The zero-order valence-electron chi connectivity index (χ0n) is 13.2. The van der Waals surface area contributed by atoms with E-state index in [1.54, 1.807) is 10.6 Å². The smallest absolute Gasteiger partial charge is 0.286 e. The molecule has 4 nitrogen and oxygen atoms in total. The number of benzene rings is 3. The summed E-state index contributed by atoms with van der Waals surface area (Å²) in [5.41, 5.74) is 4.37. The third-order valence-corrected chi connectivity index (χ3v) is 5.35. The quantitative estimate of drug-likeness (QED) is 0.403. The SMILES string of the molecule is O=c1c2ccccc2c2ccc3c4c2n1c(=O)n4Cc1ccccc1-3. The van der Waals surface area contributed by atoms with Crippen molar-refractivity contribution in [2.24, 2.45) is 0 Å². The first-order valence-corrected chi connectivity index (χ1v) is 8.26. The van der Waals surface area contributed by atoms with E-state index < -0.39 is 0 Å². The van der Waals surface area contributed by atoms with Crippen LogP contribution in [0.5, 0.6) is 0 Å². The maximum absolute atomic E-state index is 13.1. The van der Waals surface area contributed by atoms with Crippen LogP contribution in [0.15, 0.2) is 70.3 Å². The Morgan fingerprint density at radius 2 is 1.44 bits per heavy atom. The summed E-state index contributed by atoms with van der Waals surface area (Å²) in [4.78, 5) is 26.1. The molecule has 5 aromatic rings. The van der Waals surface area contributed by atoms with Gasteiger partial charge >= 0.3 is 5.69 Å². The van der Waals surface area contributed by atoms with Gasteiger partial charge in [0.1, 0.15) is 0 Å². The van der Waals surface area contributed by atoms with Crippen molar-refractivity contribution in [1.82, 2.24) is 8.97 Å². The van der Waals surface area contributed by atoms with E-state index in [1.165, 1.54) is 4.40 Å². The van der Waals surface area contributed by atoms with Crippen LogP contribution in [0.3, 0.4) is 0 Å². The monoisotopic (exact) mass is 324 g/mol. The molecule has 1 aliphatic heterocycles. The van der Waals surface area contributed by atoms with Gasteiger partial charge in [-0.1, -0.05) is 54.6 Å². The molecule has 0 fully saturated rings. The normalized spacial score (nSPS) is 13.0. The average Bonchev–Trinajstić information content (AvgIpc) is 2.95. The summed E-state index contributed by atoms with van der Waals surface area (Å²) in [7, 11) is 0. The lowest BCUT2D eigenvalue weighted by molar-refractivity contribution is 0.763. The van der Waals surface area contributed by atoms with Crippen molar-refractivity contribution in [2.45, 2.75) is 6.54 Å². The van der Waals surface area contributed by atoms with Gasteiger partial charge in [-0.2, -0.15) is 0 Å². The van der Waals surface area contributed by atoms with E-state index in [1.807, 2.05) is 42.5 Å². The highest BCUT2D eigenvalue weighted by molar-refractivity contribution is 6.14. The van der Waals surface area contributed by atoms with Crippen LogP contribution in [0.2, 0.25) is 0 Å². The Morgan fingerprint density at radius 1 is 0.680 bits per heavy atom. The van der Waals surface area contributed by atoms with Gasteiger partial charge in [0.15, 0.2) is 0 Å². The summed E-state index contributed by atoms with van der Waals surface area (Å²) in [6, 6.07) is 19.7. The topological polar surface area (TPSA) is 43.5 Å². The number of hydrogen-bond acceptors (Lipinski definition) is 2. The largest absolute Gasteiger partial charge is 0.336 e. The van der Waals surface area contributed by atoms with Crippen LogP contribution in [-0.2, 0) is 6.54 Å². The highest BCUT2D eigenvalue weighted by atomic mass is 16.2. The molecule has 0 N–H and O–H groups in total. The Balaban J connectivity index is 1.99. The second-order valence-corrected chi connectivity index (χ2v) is 6.57. The van der Waals surface area contributed by atoms with Crippen molar-refractivity contribution in [3.63, 3.8) is 0 Å². The zero-order valence-corrected chi connectivity index (χ0v) is 13.2. The van der Waals surface area contributed by atoms with Crippen LogP contribution in [0.1, 0.15) is 5.56 Å². The summed E-state index contributed by atoms with van der Waals surface area (Å²) in [6.45, 7) is 0.499. The van der Waals surface area contributed by atoms with E-state index in [-0.39, 0.29) is 11.2 Å². The minimum atomic E-state index is -0.252. The van der Waals surface area contributed by atoms with E-state index in [4.69, 9.17) is 0 Å². The van der Waals surface area contributed by atoms with Crippen LogP contribution < -0.4 is 11.2 Å². The standard InChI is InChI=1S/C21H12N2O2/c24-20-17-8-4-3-7-14(17)16-10-9-15-13-6-2-1-5-12(13)11-22-18(15)19(16)23(20)21(22)25/h1-10H,11H2. The Labute approximate surface area is 141 Å². The molecular formula is C21H12N2O2. The van der Waals surface area contributed by atoms with E-state index in [0.717, 1.165) is 38.5 Å². The Kier molecular flexibility index (Phi) is 2.16. The molecule has 0 amide bonds. The molecule has 0 radical (unpaired) electrons. The van der Waals surface area contributed by atoms with Gasteiger partial charge in [-0.25, -0.2) is 9.20 Å². The third-order valence-electron chi connectivity index (χ3n) is 5.35. The van der Waals surface area contributed by atoms with Crippen molar-refractivity contribution < 1.29 is 0 Å². The van der Waals surface area contributed by atoms with Gasteiger partial charge in [0.25, 0.3) is 5.56 Å². The number of rotatable bonds is 0. The molecular weight excluding hydrogens is 312 g/mol. The predicted molar refractivity (Wildman–Crippen MR) is 98.7 cm³/mol. The van der Waals surface area contributed by atoms with Gasteiger partial charge in [-0.05, 0) is 22.6 Å². The maximum atomic E-state index is 13.1. The van der Waals surface area contributed by atoms with E-state index in [9.17, 15) is 9.59 Å². The lowest BCUT2D eigenvalue weighted by Gasteiger charge is -2.18. The molecule has 0 saturated carbocycles. The Bertz CT molecular complexity index is 1460. The van der Waals surface area contributed by atoms with Gasteiger partial charge in [-0.15, -0.1) is 0 Å². The second kappa shape index (κ2) is 4.16. The zero-order chi connectivity index (χ0) is 16.7. The molecule has 0 saturated heterocycles. The number of fused-ring (bicyclic) bond motifs is 4. The van der Waals surface area contributed by atoms with E-state index in [0.29, 0.717) is 11.9 Å². The lowest BCUT2D eigenvalue weighted by atomic mass is 9.93. The molecule has 0 atom stereocenters. The van der Waals surface area contributed by atoms with Crippen molar-refractivity contribution in [3.05, 3.63) is 87.1 Å². The molecule has 0 spiro atoms. The number of imidazole rings is 1. The minimum absolute atomic E-state index is 0.236. The number of nitrogens with zero attached hydrogens (tertiary/aromatic N) is 2. The first kappa shape index (κ1) is 13.0. The number of pyridine rings is 1. The Morgan fingerprint density at radius 3 is 2.32 bits per heavy atom. The van der Waals surface area contributed by atoms with E-state index in [2.05, 4.69) is 12.1 Å². The maximum Gasteiger partial charge on any atom is 0.336 e. The molecule has 1 aliphatic rings. The average molecular weight is 324 g/mol. The van der Waals surface area contributed by atoms with Crippen LogP contribution >= 0.6 is 0 Å². The highest BCUT2D eigenvalue weighted by Gasteiger charge is 2.25. The fraction of sp³-hybridized carbons (Fsp3) is 0.0476. The summed E-state index contributed by atoms with van der Waals surface area (Å²) in [6.07, 6.45) is 0. The van der Waals surface area contributed by atoms with Gasteiger partial charge in [-0.3, -0.25) is 9.36 Å². The molecule has 0 aliphatic carbocycles. The van der Waals surface area contributed by atoms with E-state index >= 15 is 0 Å². The van der Waals surface area contributed by atoms with Crippen LogP contribution in [0.25, 0.3) is 38.3 Å². The van der Waals surface area contributed by atoms with Gasteiger partial charge in [0.2, 0.25) is 0 Å². The van der Waals surface area contributed by atoms with Crippen molar-refractivity contribution in [3.8, 4) is 11.1 Å². The lowest BCUT2D eigenvalue weighted by Crippen LogP contribution is -2.29. The molecule has 25 heavy (non-hydrogen) atoms. The Hall–Kier alpha value is -3.40. The fourth-order valence-electron chi connectivity index (χ4n) is 4.28. The molecule has 4 heteroatoms. The van der Waals surface area contributed by atoms with Gasteiger partial charge in [0.05, 0.1) is 17.6 Å². The molecule has 0 unspecified atom stereocenters. The summed E-state index contributed by atoms with van der Waals surface area (Å²) < 4.78 is 3.09. The molecule has 0 bridgehead atoms. The van der Waals surface area contributed by atoms with Crippen molar-refractivity contribution in [2.75, 3.05) is 0 Å². The molecule has 6 rings (SSSR count). The van der Waals surface area contributed by atoms with Crippen LogP contribution in [0, 0.1) is 0 Å². The minimum Gasteiger partial charge on any atom is -0.286 e. The molecule has 118 valence electrons. The number of hydrogen-bond donors (Lipinski definition) is 0. The summed E-state index contributed by atoms with van der Waals surface area (Å²) >= 11 is 0. The fourth-order valence-corrected chi connectivity index (χ4v) is 4.28. The molecule has 2 aromatic heterocycles. The predicted octanol–water partition coefficient (Wildman–Crippen LogP) is 3.23. The van der Waals surface area contributed by atoms with Gasteiger partial charge < -0.3 is 0 Å². The van der Waals surface area contributed by atoms with Crippen LogP contribution in [-0.4, -0.2) is 8.97 Å². The molecule has 3 heterocycles. The van der Waals surface area contributed by atoms with Crippen molar-refractivity contribution >= 4 is 27.2 Å². The first-order valence-electron chi connectivity index (χ1n) is 8.26. The highest BCUT2D eigenvalue weighted by Crippen LogP contribution is 2.38. The third kappa shape index (κ3) is 1.39. The number of aromatic nitrogens is 2. The molecule has 3 aromatic carbocycles. The summed E-state index contributed by atoms with van der Waals surface area (Å²) in [5.74, 6) is 0. The first-order chi connectivity index (χ1) is 12.3. The van der Waals surface area contributed by atoms with Gasteiger partial charge in [0, 0.05) is 16.3 Å².